The number of pyridine rings is 1. The number of benzene rings is 1. The maximum atomic E-state index is 12.3. The number of hydrogen-bond donors (Lipinski definition) is 0. The van der Waals surface area contributed by atoms with Gasteiger partial charge in [0.15, 0.2) is 0 Å². The van der Waals surface area contributed by atoms with Crippen molar-refractivity contribution >= 4 is 22.4 Å². The predicted molar refractivity (Wildman–Crippen MR) is 87.7 cm³/mol. The summed E-state index contributed by atoms with van der Waals surface area (Å²) in [5.41, 5.74) is 1.81. The van der Waals surface area contributed by atoms with Crippen LogP contribution in [0, 0.1) is 0 Å². The molecule has 5 nitrogen and oxygen atoms in total. The zero-order valence-electron chi connectivity index (χ0n) is 12.6. The monoisotopic (exact) mass is 328 g/mol. The number of esters is 1. The lowest BCUT2D eigenvalue weighted by Gasteiger charge is -2.07. The van der Waals surface area contributed by atoms with Crippen molar-refractivity contribution < 1.29 is 13.7 Å². The Bertz CT molecular complexity index is 840. The molecule has 118 valence electrons. The van der Waals surface area contributed by atoms with Crippen LogP contribution in [0.4, 0.5) is 0 Å². The third-order valence-electron chi connectivity index (χ3n) is 3.38. The summed E-state index contributed by atoms with van der Waals surface area (Å²) in [6.45, 7) is 1.89. The fraction of sp³-hybridized carbons (Fsp3) is 0.176. The van der Waals surface area contributed by atoms with E-state index in [0.29, 0.717) is 21.9 Å². The van der Waals surface area contributed by atoms with Gasteiger partial charge in [-0.1, -0.05) is 25.1 Å². The molecule has 2 heterocycles. The van der Waals surface area contributed by atoms with Crippen molar-refractivity contribution in [2.45, 2.75) is 18.4 Å². The van der Waals surface area contributed by atoms with Gasteiger partial charge in [-0.15, -0.1) is 0 Å². The Kier molecular flexibility index (Phi) is 4.52. The molecule has 6 heteroatoms. The number of nitrogens with zero attached hydrogens (tertiary/aromatic N) is 2. The van der Waals surface area contributed by atoms with Gasteiger partial charge >= 0.3 is 5.97 Å². The topological polar surface area (TPSA) is 60.7 Å². The van der Waals surface area contributed by atoms with Crippen molar-refractivity contribution in [1.29, 1.82) is 0 Å². The minimum atomic E-state index is -1.20. The molecule has 23 heavy (non-hydrogen) atoms. The van der Waals surface area contributed by atoms with Gasteiger partial charge in [0.1, 0.15) is 12.3 Å². The Morgan fingerprint density at radius 3 is 2.78 bits per heavy atom. The molecule has 1 atom stereocenters. The number of rotatable bonds is 5. The van der Waals surface area contributed by atoms with Gasteiger partial charge < -0.3 is 9.14 Å². The molecule has 2 aromatic heterocycles. The lowest BCUT2D eigenvalue weighted by molar-refractivity contribution is 0.0464. The molecule has 0 radical (unpaired) electrons. The average molecular weight is 328 g/mol. The van der Waals surface area contributed by atoms with E-state index in [0.717, 1.165) is 5.65 Å². The van der Waals surface area contributed by atoms with Gasteiger partial charge in [-0.2, -0.15) is 0 Å². The second kappa shape index (κ2) is 6.75. The van der Waals surface area contributed by atoms with E-state index in [9.17, 15) is 9.00 Å². The Morgan fingerprint density at radius 2 is 2.00 bits per heavy atom. The van der Waals surface area contributed by atoms with Crippen molar-refractivity contribution in [1.82, 2.24) is 9.38 Å². The van der Waals surface area contributed by atoms with Gasteiger partial charge in [-0.05, 0) is 24.3 Å². The summed E-state index contributed by atoms with van der Waals surface area (Å²) in [4.78, 5) is 17.2. The Labute approximate surface area is 136 Å². The summed E-state index contributed by atoms with van der Waals surface area (Å²) in [5, 5.41) is 0. The number of carbonyl (C=O) groups is 1. The summed E-state index contributed by atoms with van der Waals surface area (Å²) in [7, 11) is -1.20. The lowest BCUT2D eigenvalue weighted by Crippen LogP contribution is -2.10. The molecular formula is C17H16N2O3S. The van der Waals surface area contributed by atoms with Crippen LogP contribution in [-0.2, 0) is 22.1 Å². The maximum absolute atomic E-state index is 12.3. The molecule has 1 aromatic carbocycles. The number of hydrogen-bond acceptors (Lipinski definition) is 4. The Hall–Kier alpha value is -2.47. The van der Waals surface area contributed by atoms with Gasteiger partial charge in [0.25, 0.3) is 0 Å². The normalized spacial score (nSPS) is 12.2. The van der Waals surface area contributed by atoms with Crippen molar-refractivity contribution in [2.75, 3.05) is 5.75 Å². The van der Waals surface area contributed by atoms with Crippen LogP contribution >= 0.6 is 0 Å². The lowest BCUT2D eigenvalue weighted by atomic mass is 10.2. The van der Waals surface area contributed by atoms with Gasteiger partial charge in [-0.3, -0.25) is 4.21 Å². The van der Waals surface area contributed by atoms with Crippen LogP contribution in [0.5, 0.6) is 0 Å². The zero-order chi connectivity index (χ0) is 16.2. The molecule has 0 saturated heterocycles. The van der Waals surface area contributed by atoms with E-state index in [1.165, 1.54) is 0 Å². The highest BCUT2D eigenvalue weighted by atomic mass is 32.2. The Balaban J connectivity index is 1.76. The predicted octanol–water partition coefficient (Wildman–Crippen LogP) is 2.82. The van der Waals surface area contributed by atoms with Crippen molar-refractivity contribution in [2.24, 2.45) is 0 Å². The van der Waals surface area contributed by atoms with E-state index in [4.69, 9.17) is 4.74 Å². The third-order valence-corrected chi connectivity index (χ3v) is 4.75. The van der Waals surface area contributed by atoms with Crippen LogP contribution in [0.25, 0.3) is 5.65 Å². The first kappa shape index (κ1) is 15.4. The smallest absolute Gasteiger partial charge is 0.339 e. The minimum Gasteiger partial charge on any atom is -0.455 e. The maximum Gasteiger partial charge on any atom is 0.339 e. The molecule has 1 unspecified atom stereocenters. The number of aromatic nitrogens is 2. The molecule has 3 aromatic rings. The van der Waals surface area contributed by atoms with Crippen molar-refractivity contribution in [3.8, 4) is 0 Å². The van der Waals surface area contributed by atoms with Crippen LogP contribution in [0.15, 0.2) is 59.8 Å². The highest BCUT2D eigenvalue weighted by molar-refractivity contribution is 7.85. The molecule has 0 N–H and O–H groups in total. The van der Waals surface area contributed by atoms with Crippen LogP contribution in [0.3, 0.4) is 0 Å². The van der Waals surface area contributed by atoms with Crippen molar-refractivity contribution in [3.05, 3.63) is 66.1 Å². The zero-order valence-corrected chi connectivity index (χ0v) is 13.5. The number of carbonyl (C=O) groups excluding carboxylic acids is 1. The number of ether oxygens (including phenoxy) is 1. The first-order chi connectivity index (χ1) is 11.2. The SMILES string of the molecule is CCS(=O)c1ccccc1C(=O)OCc1cn2ccccc2n1. The van der Waals surface area contributed by atoms with Gasteiger partial charge in [0.2, 0.25) is 0 Å². The van der Waals surface area contributed by atoms with E-state index in [1.54, 1.807) is 24.3 Å². The molecule has 0 spiro atoms. The number of imidazole rings is 1. The third kappa shape index (κ3) is 3.32. The second-order valence-electron chi connectivity index (χ2n) is 4.90. The number of fused-ring (bicyclic) bond motifs is 1. The molecule has 0 fully saturated rings. The molecule has 0 aliphatic carbocycles. The highest BCUT2D eigenvalue weighted by Gasteiger charge is 2.16. The van der Waals surface area contributed by atoms with E-state index in [2.05, 4.69) is 4.98 Å². The molecule has 0 bridgehead atoms. The second-order valence-corrected chi connectivity index (χ2v) is 6.61. The summed E-state index contributed by atoms with van der Waals surface area (Å²) >= 11 is 0. The van der Waals surface area contributed by atoms with Gasteiger partial charge in [0, 0.05) is 18.1 Å². The van der Waals surface area contributed by atoms with Crippen LogP contribution in [-0.4, -0.2) is 25.3 Å². The molecule has 3 rings (SSSR count). The molecule has 0 amide bonds. The van der Waals surface area contributed by atoms with Crippen LogP contribution in [0.1, 0.15) is 23.0 Å². The van der Waals surface area contributed by atoms with E-state index in [1.807, 2.05) is 41.9 Å². The van der Waals surface area contributed by atoms with Gasteiger partial charge in [0.05, 0.1) is 27.0 Å². The summed E-state index contributed by atoms with van der Waals surface area (Å²) in [6, 6.07) is 12.5. The highest BCUT2D eigenvalue weighted by Crippen LogP contribution is 2.16. The molecule has 0 aliphatic rings. The van der Waals surface area contributed by atoms with Crippen molar-refractivity contribution in [3.63, 3.8) is 0 Å². The molecule has 0 saturated carbocycles. The molecule has 0 aliphatic heterocycles. The summed E-state index contributed by atoms with van der Waals surface area (Å²) in [6.07, 6.45) is 3.70. The minimum absolute atomic E-state index is 0.0770. The molecular weight excluding hydrogens is 312 g/mol. The largest absolute Gasteiger partial charge is 0.455 e. The van der Waals surface area contributed by atoms with Crippen LogP contribution < -0.4 is 0 Å². The van der Waals surface area contributed by atoms with Crippen LogP contribution in [0.2, 0.25) is 0 Å². The van der Waals surface area contributed by atoms with E-state index >= 15 is 0 Å². The first-order valence-electron chi connectivity index (χ1n) is 7.26. The standard InChI is InChI=1S/C17H16N2O3S/c1-2-23(21)15-8-4-3-7-14(15)17(20)22-12-13-11-19-10-6-5-9-16(19)18-13/h3-11H,2,12H2,1H3. The van der Waals surface area contributed by atoms with E-state index < -0.39 is 16.8 Å². The quantitative estimate of drug-likeness (QED) is 0.676. The summed E-state index contributed by atoms with van der Waals surface area (Å²) in [5.74, 6) is -0.0315. The fourth-order valence-electron chi connectivity index (χ4n) is 2.26. The van der Waals surface area contributed by atoms with E-state index in [-0.39, 0.29) is 6.61 Å². The Morgan fingerprint density at radius 1 is 1.22 bits per heavy atom. The summed E-state index contributed by atoms with van der Waals surface area (Å²) < 4.78 is 19.2. The van der Waals surface area contributed by atoms with Gasteiger partial charge in [-0.25, -0.2) is 9.78 Å². The first-order valence-corrected chi connectivity index (χ1v) is 8.58. The fourth-order valence-corrected chi connectivity index (χ4v) is 3.20. The average Bonchev–Trinajstić information content (AvgIpc) is 3.02.